The molecule has 1 aliphatic rings. The van der Waals surface area contributed by atoms with E-state index < -0.39 is 10.0 Å². The molecule has 0 aliphatic carbocycles. The summed E-state index contributed by atoms with van der Waals surface area (Å²) in [6.07, 6.45) is 0. The summed E-state index contributed by atoms with van der Waals surface area (Å²) in [5, 5.41) is 13.0. The maximum absolute atomic E-state index is 12.8. The summed E-state index contributed by atoms with van der Waals surface area (Å²) in [6.45, 7) is 7.85. The van der Waals surface area contributed by atoms with Crippen molar-refractivity contribution in [2.45, 2.75) is 25.0 Å². The molecule has 1 saturated heterocycles. The second kappa shape index (κ2) is 7.26. The fourth-order valence-corrected chi connectivity index (χ4v) is 6.16. The number of hydrogen-bond acceptors (Lipinski definition) is 7. The topological polar surface area (TPSA) is 84.2 Å². The maximum Gasteiger partial charge on any atom is 0.252 e. The predicted octanol–water partition coefficient (Wildman–Crippen LogP) is 2.16. The molecule has 0 saturated carbocycles. The van der Waals surface area contributed by atoms with Crippen LogP contribution in [0.5, 0.6) is 0 Å². The van der Waals surface area contributed by atoms with Crippen LogP contribution in [0.2, 0.25) is 0 Å². The molecule has 0 amide bonds. The van der Waals surface area contributed by atoms with Crippen LogP contribution >= 0.6 is 11.3 Å². The van der Waals surface area contributed by atoms with Gasteiger partial charge in [-0.3, -0.25) is 0 Å². The zero-order valence-electron chi connectivity index (χ0n) is 16.0. The van der Waals surface area contributed by atoms with Gasteiger partial charge in [0.1, 0.15) is 4.21 Å². The van der Waals surface area contributed by atoms with E-state index in [2.05, 4.69) is 20.2 Å². The van der Waals surface area contributed by atoms with Crippen molar-refractivity contribution < 1.29 is 8.42 Å². The molecular formula is C18H22N6O2S2. The van der Waals surface area contributed by atoms with Crippen LogP contribution < -0.4 is 4.90 Å². The Labute approximate surface area is 168 Å². The first-order valence-corrected chi connectivity index (χ1v) is 11.3. The van der Waals surface area contributed by atoms with E-state index in [0.717, 1.165) is 22.1 Å². The molecule has 28 heavy (non-hydrogen) atoms. The zero-order valence-corrected chi connectivity index (χ0v) is 17.7. The number of aryl methyl sites for hydroxylation is 3. The molecular weight excluding hydrogens is 396 g/mol. The molecule has 4 rings (SSSR count). The standard InChI is InChI=1S/C18H22N6O2S2/c1-13-12-14(2)24(21-13)17-6-5-16(19-20-17)22-8-10-23(11-9-22)28(25,26)18-7-4-15(3)27-18/h4-7,12H,8-11H2,1-3H3. The minimum Gasteiger partial charge on any atom is -0.352 e. The lowest BCUT2D eigenvalue weighted by atomic mass is 10.3. The number of hydrogen-bond donors (Lipinski definition) is 0. The van der Waals surface area contributed by atoms with Gasteiger partial charge in [-0.2, -0.15) is 9.40 Å². The maximum atomic E-state index is 12.8. The molecule has 148 valence electrons. The van der Waals surface area contributed by atoms with E-state index >= 15 is 0 Å². The van der Waals surface area contributed by atoms with Crippen LogP contribution in [-0.4, -0.2) is 58.9 Å². The first-order valence-electron chi connectivity index (χ1n) is 9.03. The third-order valence-corrected chi connectivity index (χ3v) is 8.10. The third kappa shape index (κ3) is 3.54. The van der Waals surface area contributed by atoms with Crippen LogP contribution in [0.15, 0.2) is 34.5 Å². The van der Waals surface area contributed by atoms with Crippen molar-refractivity contribution in [3.63, 3.8) is 0 Å². The van der Waals surface area contributed by atoms with E-state index in [1.807, 2.05) is 45.0 Å². The van der Waals surface area contributed by atoms with E-state index in [1.165, 1.54) is 11.3 Å². The molecule has 0 N–H and O–H groups in total. The van der Waals surface area contributed by atoms with Crippen molar-refractivity contribution in [3.05, 3.63) is 46.6 Å². The molecule has 1 fully saturated rings. The molecule has 3 aromatic rings. The van der Waals surface area contributed by atoms with E-state index in [0.29, 0.717) is 36.2 Å². The molecule has 0 unspecified atom stereocenters. The number of rotatable bonds is 4. The minimum absolute atomic E-state index is 0.410. The molecule has 0 spiro atoms. The number of nitrogens with zero attached hydrogens (tertiary/aromatic N) is 6. The fourth-order valence-electron chi connectivity index (χ4n) is 3.30. The lowest BCUT2D eigenvalue weighted by molar-refractivity contribution is 0.384. The monoisotopic (exact) mass is 418 g/mol. The van der Waals surface area contributed by atoms with Crippen molar-refractivity contribution >= 4 is 27.2 Å². The molecule has 8 nitrogen and oxygen atoms in total. The number of thiophene rings is 1. The molecule has 1 aliphatic heterocycles. The summed E-state index contributed by atoms with van der Waals surface area (Å²) in [5.41, 5.74) is 1.93. The number of aromatic nitrogens is 4. The molecule has 0 aromatic carbocycles. The second-order valence-electron chi connectivity index (χ2n) is 6.84. The second-order valence-corrected chi connectivity index (χ2v) is 10.3. The Kier molecular flexibility index (Phi) is 4.94. The van der Waals surface area contributed by atoms with Crippen LogP contribution in [-0.2, 0) is 10.0 Å². The van der Waals surface area contributed by atoms with Crippen molar-refractivity contribution in [1.29, 1.82) is 0 Å². The summed E-state index contributed by atoms with van der Waals surface area (Å²) in [6, 6.07) is 9.31. The van der Waals surface area contributed by atoms with Gasteiger partial charge < -0.3 is 4.90 Å². The predicted molar refractivity (Wildman–Crippen MR) is 109 cm³/mol. The smallest absolute Gasteiger partial charge is 0.252 e. The van der Waals surface area contributed by atoms with Gasteiger partial charge in [0.05, 0.1) is 5.69 Å². The van der Waals surface area contributed by atoms with E-state index in [4.69, 9.17) is 0 Å². The van der Waals surface area contributed by atoms with Crippen LogP contribution in [0.4, 0.5) is 5.82 Å². The van der Waals surface area contributed by atoms with Gasteiger partial charge in [-0.25, -0.2) is 13.1 Å². The SMILES string of the molecule is Cc1cc(C)n(-c2ccc(N3CCN(S(=O)(=O)c4ccc(C)s4)CC3)nn2)n1. The van der Waals surface area contributed by atoms with Gasteiger partial charge in [0.15, 0.2) is 11.6 Å². The van der Waals surface area contributed by atoms with E-state index in [-0.39, 0.29) is 0 Å². The molecule has 0 bridgehead atoms. The van der Waals surface area contributed by atoms with Gasteiger partial charge >= 0.3 is 0 Å². The van der Waals surface area contributed by atoms with E-state index in [1.54, 1.807) is 15.1 Å². The average molecular weight is 419 g/mol. The van der Waals surface area contributed by atoms with Crippen molar-refractivity contribution in [2.75, 3.05) is 31.1 Å². The van der Waals surface area contributed by atoms with Crippen LogP contribution in [0.25, 0.3) is 5.82 Å². The lowest BCUT2D eigenvalue weighted by Crippen LogP contribution is -2.48. The lowest BCUT2D eigenvalue weighted by Gasteiger charge is -2.34. The molecule has 10 heteroatoms. The van der Waals surface area contributed by atoms with Crippen LogP contribution in [0.3, 0.4) is 0 Å². The number of sulfonamides is 1. The highest BCUT2D eigenvalue weighted by molar-refractivity contribution is 7.91. The Balaban J connectivity index is 1.44. The van der Waals surface area contributed by atoms with Gasteiger partial charge in [0.2, 0.25) is 0 Å². The van der Waals surface area contributed by atoms with Gasteiger partial charge in [0, 0.05) is 36.8 Å². The van der Waals surface area contributed by atoms with Gasteiger partial charge in [-0.05, 0) is 51.1 Å². The zero-order chi connectivity index (χ0) is 19.9. The normalized spacial score (nSPS) is 15.9. The molecule has 0 atom stereocenters. The van der Waals surface area contributed by atoms with Crippen LogP contribution in [0.1, 0.15) is 16.3 Å². The van der Waals surface area contributed by atoms with Gasteiger partial charge in [-0.15, -0.1) is 21.5 Å². The Morgan fingerprint density at radius 3 is 2.14 bits per heavy atom. The first-order chi connectivity index (χ1) is 13.3. The van der Waals surface area contributed by atoms with E-state index in [9.17, 15) is 8.42 Å². The van der Waals surface area contributed by atoms with Crippen molar-refractivity contribution in [1.82, 2.24) is 24.3 Å². The fraction of sp³-hybridized carbons (Fsp3) is 0.389. The van der Waals surface area contributed by atoms with Crippen molar-refractivity contribution in [3.8, 4) is 5.82 Å². The number of anilines is 1. The Morgan fingerprint density at radius 1 is 0.929 bits per heavy atom. The summed E-state index contributed by atoms with van der Waals surface area (Å²) in [5.74, 6) is 1.41. The summed E-state index contributed by atoms with van der Waals surface area (Å²) in [4.78, 5) is 3.05. The number of piperazine rings is 1. The highest BCUT2D eigenvalue weighted by atomic mass is 32.2. The highest BCUT2D eigenvalue weighted by Crippen LogP contribution is 2.26. The summed E-state index contributed by atoms with van der Waals surface area (Å²) < 4.78 is 29.2. The summed E-state index contributed by atoms with van der Waals surface area (Å²) in [7, 11) is -3.41. The third-order valence-electron chi connectivity index (χ3n) is 4.74. The quantitative estimate of drug-likeness (QED) is 0.646. The Hall–Kier alpha value is -2.30. The Bertz CT molecular complexity index is 1080. The Morgan fingerprint density at radius 2 is 1.61 bits per heavy atom. The summed E-state index contributed by atoms with van der Waals surface area (Å²) >= 11 is 1.31. The molecule has 3 aromatic heterocycles. The highest BCUT2D eigenvalue weighted by Gasteiger charge is 2.30. The van der Waals surface area contributed by atoms with Crippen molar-refractivity contribution in [2.24, 2.45) is 0 Å². The first kappa shape index (κ1) is 19.0. The average Bonchev–Trinajstić information content (AvgIpc) is 3.27. The van der Waals surface area contributed by atoms with Gasteiger partial charge in [-0.1, -0.05) is 0 Å². The molecule has 0 radical (unpaired) electrons. The minimum atomic E-state index is -3.41. The van der Waals surface area contributed by atoms with Crippen LogP contribution in [0, 0.1) is 20.8 Å². The molecule has 4 heterocycles. The largest absolute Gasteiger partial charge is 0.352 e. The van der Waals surface area contributed by atoms with Gasteiger partial charge in [0.25, 0.3) is 10.0 Å².